The first-order valence-corrected chi connectivity index (χ1v) is 8.55. The van der Waals surface area contributed by atoms with Gasteiger partial charge in [-0.3, -0.25) is 0 Å². The smallest absolute Gasteiger partial charge is 0.229 e. The maximum absolute atomic E-state index is 8.76. The molecule has 3 aromatic rings. The molecule has 130 valence electrons. The van der Waals surface area contributed by atoms with E-state index in [0.29, 0.717) is 12.4 Å². The summed E-state index contributed by atoms with van der Waals surface area (Å²) in [7, 11) is 0. The SMILES string of the molecule is Cc1cc(CCC#N)cc(C)c1Nc1ccnc(Nc2ccccc2)n1. The Bertz CT molecular complexity index is 906. The number of anilines is 4. The number of rotatable bonds is 6. The van der Waals surface area contributed by atoms with Gasteiger partial charge in [-0.05, 0) is 55.2 Å². The molecule has 0 aliphatic heterocycles. The van der Waals surface area contributed by atoms with Crippen molar-refractivity contribution in [2.45, 2.75) is 26.7 Å². The van der Waals surface area contributed by atoms with Gasteiger partial charge in [-0.25, -0.2) is 4.98 Å². The zero-order valence-corrected chi connectivity index (χ0v) is 15.0. The fourth-order valence-corrected chi connectivity index (χ4v) is 2.86. The normalized spacial score (nSPS) is 10.2. The Kier molecular flexibility index (Phi) is 5.45. The molecule has 1 heterocycles. The molecule has 0 unspecified atom stereocenters. The topological polar surface area (TPSA) is 73.6 Å². The van der Waals surface area contributed by atoms with Crippen LogP contribution in [-0.2, 0) is 6.42 Å². The Morgan fingerprint density at radius 2 is 1.73 bits per heavy atom. The van der Waals surface area contributed by atoms with Crippen molar-refractivity contribution >= 4 is 23.1 Å². The van der Waals surface area contributed by atoms with Crippen LogP contribution in [0.4, 0.5) is 23.1 Å². The number of nitrogens with one attached hydrogen (secondary N) is 2. The van der Waals surface area contributed by atoms with Crippen LogP contribution in [0.1, 0.15) is 23.1 Å². The summed E-state index contributed by atoms with van der Waals surface area (Å²) in [5.41, 5.74) is 5.43. The van der Waals surface area contributed by atoms with Gasteiger partial charge in [0.15, 0.2) is 0 Å². The molecule has 0 fully saturated rings. The van der Waals surface area contributed by atoms with Crippen molar-refractivity contribution < 1.29 is 0 Å². The molecule has 0 radical (unpaired) electrons. The first-order chi connectivity index (χ1) is 12.7. The fraction of sp³-hybridized carbons (Fsp3) is 0.190. The van der Waals surface area contributed by atoms with Gasteiger partial charge < -0.3 is 10.6 Å². The molecule has 1 aromatic heterocycles. The van der Waals surface area contributed by atoms with Crippen LogP contribution in [0.25, 0.3) is 0 Å². The highest BCUT2D eigenvalue weighted by Crippen LogP contribution is 2.26. The highest BCUT2D eigenvalue weighted by molar-refractivity contribution is 5.66. The Morgan fingerprint density at radius 1 is 1.00 bits per heavy atom. The average molecular weight is 343 g/mol. The van der Waals surface area contributed by atoms with Gasteiger partial charge in [0.05, 0.1) is 6.07 Å². The molecule has 26 heavy (non-hydrogen) atoms. The van der Waals surface area contributed by atoms with Crippen molar-refractivity contribution in [3.8, 4) is 6.07 Å². The summed E-state index contributed by atoms with van der Waals surface area (Å²) < 4.78 is 0. The van der Waals surface area contributed by atoms with Gasteiger partial charge in [-0.15, -0.1) is 0 Å². The number of benzene rings is 2. The molecule has 5 nitrogen and oxygen atoms in total. The fourth-order valence-electron chi connectivity index (χ4n) is 2.86. The predicted octanol–water partition coefficient (Wildman–Crippen LogP) is 5.04. The minimum absolute atomic E-state index is 0.534. The largest absolute Gasteiger partial charge is 0.340 e. The Balaban J connectivity index is 1.79. The summed E-state index contributed by atoms with van der Waals surface area (Å²) in [6, 6.07) is 18.1. The summed E-state index contributed by atoms with van der Waals surface area (Å²) in [4.78, 5) is 8.82. The van der Waals surface area contributed by atoms with Crippen molar-refractivity contribution in [2.24, 2.45) is 0 Å². The molecule has 3 rings (SSSR count). The third kappa shape index (κ3) is 4.37. The predicted molar refractivity (Wildman–Crippen MR) is 105 cm³/mol. The molecule has 0 saturated heterocycles. The van der Waals surface area contributed by atoms with Crippen molar-refractivity contribution in [3.05, 3.63) is 71.4 Å². The molecule has 2 N–H and O–H groups in total. The van der Waals surface area contributed by atoms with Gasteiger partial charge in [-0.2, -0.15) is 10.2 Å². The van der Waals surface area contributed by atoms with Crippen LogP contribution in [0.15, 0.2) is 54.7 Å². The molecule has 0 aliphatic carbocycles. The molecule has 0 aliphatic rings. The third-order valence-electron chi connectivity index (χ3n) is 4.06. The molecule has 0 amide bonds. The summed E-state index contributed by atoms with van der Waals surface area (Å²) in [5.74, 6) is 1.27. The monoisotopic (exact) mass is 343 g/mol. The van der Waals surface area contributed by atoms with E-state index in [4.69, 9.17) is 5.26 Å². The van der Waals surface area contributed by atoms with Crippen molar-refractivity contribution in [1.29, 1.82) is 5.26 Å². The Labute approximate surface area is 153 Å². The molecule has 0 saturated carbocycles. The van der Waals surface area contributed by atoms with E-state index >= 15 is 0 Å². The van der Waals surface area contributed by atoms with E-state index in [9.17, 15) is 0 Å². The first kappa shape index (κ1) is 17.4. The number of para-hydroxylation sites is 1. The first-order valence-electron chi connectivity index (χ1n) is 8.55. The molecule has 0 bridgehead atoms. The number of aryl methyl sites for hydroxylation is 3. The van der Waals surface area contributed by atoms with Crippen LogP contribution < -0.4 is 10.6 Å². The van der Waals surface area contributed by atoms with Crippen molar-refractivity contribution in [2.75, 3.05) is 10.6 Å². The highest BCUT2D eigenvalue weighted by atomic mass is 15.1. The van der Waals surface area contributed by atoms with E-state index in [1.54, 1.807) is 6.20 Å². The number of aromatic nitrogens is 2. The molecular weight excluding hydrogens is 322 g/mol. The second-order valence-electron chi connectivity index (χ2n) is 6.14. The Hall–Kier alpha value is -3.39. The number of hydrogen-bond donors (Lipinski definition) is 2. The lowest BCUT2D eigenvalue weighted by Gasteiger charge is -2.14. The molecule has 0 atom stereocenters. The lowest BCUT2D eigenvalue weighted by Crippen LogP contribution is -2.03. The van der Waals surface area contributed by atoms with Gasteiger partial charge >= 0.3 is 0 Å². The van der Waals surface area contributed by atoms with E-state index in [2.05, 4.69) is 52.7 Å². The zero-order valence-electron chi connectivity index (χ0n) is 15.0. The summed E-state index contributed by atoms with van der Waals surface area (Å²) in [6.45, 7) is 4.13. The lowest BCUT2D eigenvalue weighted by atomic mass is 10.0. The minimum Gasteiger partial charge on any atom is -0.340 e. The maximum Gasteiger partial charge on any atom is 0.229 e. The number of nitriles is 1. The van der Waals surface area contributed by atoms with Gasteiger partial charge in [0.1, 0.15) is 5.82 Å². The molecule has 2 aromatic carbocycles. The Morgan fingerprint density at radius 3 is 2.42 bits per heavy atom. The summed E-state index contributed by atoms with van der Waals surface area (Å²) >= 11 is 0. The minimum atomic E-state index is 0.534. The zero-order chi connectivity index (χ0) is 18.4. The molecular formula is C21H21N5. The van der Waals surface area contributed by atoms with E-state index < -0.39 is 0 Å². The third-order valence-corrected chi connectivity index (χ3v) is 4.06. The van der Waals surface area contributed by atoms with Crippen molar-refractivity contribution in [3.63, 3.8) is 0 Å². The van der Waals surface area contributed by atoms with Crippen LogP contribution in [0.2, 0.25) is 0 Å². The average Bonchev–Trinajstić information content (AvgIpc) is 2.64. The van der Waals surface area contributed by atoms with Crippen LogP contribution in [0.5, 0.6) is 0 Å². The van der Waals surface area contributed by atoms with Gasteiger partial charge in [0, 0.05) is 24.0 Å². The van der Waals surface area contributed by atoms with E-state index in [1.807, 2.05) is 36.4 Å². The number of nitrogens with zero attached hydrogens (tertiary/aromatic N) is 3. The van der Waals surface area contributed by atoms with Gasteiger partial charge in [-0.1, -0.05) is 30.3 Å². The van der Waals surface area contributed by atoms with Crippen LogP contribution in [0.3, 0.4) is 0 Å². The highest BCUT2D eigenvalue weighted by Gasteiger charge is 2.07. The van der Waals surface area contributed by atoms with Crippen LogP contribution in [-0.4, -0.2) is 9.97 Å². The second kappa shape index (κ2) is 8.13. The van der Waals surface area contributed by atoms with Crippen molar-refractivity contribution in [1.82, 2.24) is 9.97 Å². The molecule has 0 spiro atoms. The lowest BCUT2D eigenvalue weighted by molar-refractivity contribution is 1.00. The van der Waals surface area contributed by atoms with Crippen LogP contribution in [0, 0.1) is 25.2 Å². The quantitative estimate of drug-likeness (QED) is 0.656. The van der Waals surface area contributed by atoms with E-state index in [0.717, 1.165) is 34.7 Å². The molecule has 5 heteroatoms. The van der Waals surface area contributed by atoms with Crippen LogP contribution >= 0.6 is 0 Å². The van der Waals surface area contributed by atoms with Gasteiger partial charge in [0.2, 0.25) is 5.95 Å². The maximum atomic E-state index is 8.76. The van der Waals surface area contributed by atoms with E-state index in [1.165, 1.54) is 5.56 Å². The summed E-state index contributed by atoms with van der Waals surface area (Å²) in [5, 5.41) is 15.4. The van der Waals surface area contributed by atoms with Gasteiger partial charge in [0.25, 0.3) is 0 Å². The standard InChI is InChI=1S/C21H21N5/c1-15-13-17(7-6-11-22)14-16(2)20(15)25-19-10-12-23-21(26-19)24-18-8-4-3-5-9-18/h3-5,8-10,12-14H,6-7H2,1-2H3,(H2,23,24,25,26). The summed E-state index contributed by atoms with van der Waals surface area (Å²) in [6.07, 6.45) is 3.04. The van der Waals surface area contributed by atoms with E-state index in [-0.39, 0.29) is 0 Å². The second-order valence-corrected chi connectivity index (χ2v) is 6.14. The number of hydrogen-bond acceptors (Lipinski definition) is 5.